The van der Waals surface area contributed by atoms with E-state index in [1.54, 1.807) is 12.1 Å². The van der Waals surface area contributed by atoms with E-state index in [4.69, 9.17) is 14.2 Å². The average molecular weight is 280 g/mol. The number of benzene rings is 1. The van der Waals surface area contributed by atoms with E-state index in [-0.39, 0.29) is 11.9 Å². The molecule has 2 saturated heterocycles. The number of hydrogen-bond acceptors (Lipinski definition) is 5. The molecule has 0 aromatic heterocycles. The molecule has 0 amide bonds. The first-order valence-corrected chi connectivity index (χ1v) is 6.92. The third kappa shape index (κ3) is 2.67. The highest BCUT2D eigenvalue weighted by Crippen LogP contribution is 2.38. The Labute approximate surface area is 118 Å². The Morgan fingerprint density at radius 2 is 1.85 bits per heavy atom. The number of aromatic hydroxyl groups is 1. The van der Waals surface area contributed by atoms with Gasteiger partial charge in [-0.15, -0.1) is 0 Å². The molecule has 2 N–H and O–H groups in total. The van der Waals surface area contributed by atoms with E-state index in [9.17, 15) is 10.2 Å². The van der Waals surface area contributed by atoms with Gasteiger partial charge in [-0.1, -0.05) is 12.1 Å². The van der Waals surface area contributed by atoms with Crippen molar-refractivity contribution >= 4 is 0 Å². The van der Waals surface area contributed by atoms with Crippen LogP contribution >= 0.6 is 0 Å². The van der Waals surface area contributed by atoms with Crippen molar-refractivity contribution in [1.29, 1.82) is 0 Å². The standard InChI is InChI=1S/C15H20O5/c1-15(2)19-13-12(17)11(18-14(13)20-15)8-5-9-3-6-10(16)7-4-9/h3-4,6-7,11-14,16-17H,5,8H2,1-2H3/t11-,12+,13-,14-/m1/s1. The van der Waals surface area contributed by atoms with Crippen LogP contribution in [0.15, 0.2) is 24.3 Å². The smallest absolute Gasteiger partial charge is 0.190 e. The summed E-state index contributed by atoms with van der Waals surface area (Å²) in [5.74, 6) is -0.442. The van der Waals surface area contributed by atoms with Crippen molar-refractivity contribution in [3.05, 3.63) is 29.8 Å². The summed E-state index contributed by atoms with van der Waals surface area (Å²) in [7, 11) is 0. The minimum atomic E-state index is -0.696. The summed E-state index contributed by atoms with van der Waals surface area (Å²) in [6, 6.07) is 7.05. The molecule has 110 valence electrons. The van der Waals surface area contributed by atoms with Gasteiger partial charge in [0.2, 0.25) is 0 Å². The first-order valence-electron chi connectivity index (χ1n) is 6.92. The number of hydrogen-bond donors (Lipinski definition) is 2. The molecule has 2 fully saturated rings. The molecule has 4 atom stereocenters. The van der Waals surface area contributed by atoms with E-state index < -0.39 is 24.3 Å². The number of ether oxygens (including phenoxy) is 3. The number of aliphatic hydroxyl groups is 1. The van der Waals surface area contributed by atoms with Gasteiger partial charge in [0.25, 0.3) is 0 Å². The second kappa shape index (κ2) is 5.00. The van der Waals surface area contributed by atoms with Gasteiger partial charge in [0.15, 0.2) is 12.1 Å². The van der Waals surface area contributed by atoms with E-state index in [2.05, 4.69) is 0 Å². The fraction of sp³-hybridized carbons (Fsp3) is 0.600. The fourth-order valence-corrected chi connectivity index (χ4v) is 2.77. The molecule has 0 bridgehead atoms. The van der Waals surface area contributed by atoms with Gasteiger partial charge in [-0.05, 0) is 44.4 Å². The third-order valence-electron chi connectivity index (χ3n) is 3.77. The first-order chi connectivity index (χ1) is 9.44. The molecule has 2 heterocycles. The minimum absolute atomic E-state index is 0.254. The highest BCUT2D eigenvalue weighted by molar-refractivity contribution is 5.26. The molecular weight excluding hydrogens is 260 g/mol. The maximum Gasteiger partial charge on any atom is 0.190 e. The van der Waals surface area contributed by atoms with Gasteiger partial charge in [0, 0.05) is 0 Å². The van der Waals surface area contributed by atoms with Crippen molar-refractivity contribution in [2.45, 2.75) is 57.1 Å². The zero-order chi connectivity index (χ0) is 14.3. The summed E-state index contributed by atoms with van der Waals surface area (Å²) in [5, 5.41) is 19.5. The van der Waals surface area contributed by atoms with Crippen molar-refractivity contribution in [3.63, 3.8) is 0 Å². The molecule has 2 aliphatic heterocycles. The van der Waals surface area contributed by atoms with Crippen molar-refractivity contribution in [3.8, 4) is 5.75 Å². The normalized spacial score (nSPS) is 35.1. The van der Waals surface area contributed by atoms with E-state index in [1.807, 2.05) is 26.0 Å². The summed E-state index contributed by atoms with van der Waals surface area (Å²) in [6.07, 6.45) is -0.384. The molecule has 20 heavy (non-hydrogen) atoms. The summed E-state index contributed by atoms with van der Waals surface area (Å²) < 4.78 is 17.0. The highest BCUT2D eigenvalue weighted by atomic mass is 16.8. The Balaban J connectivity index is 1.57. The number of rotatable bonds is 3. The second-order valence-corrected chi connectivity index (χ2v) is 5.84. The van der Waals surface area contributed by atoms with Gasteiger partial charge in [0.05, 0.1) is 6.10 Å². The van der Waals surface area contributed by atoms with Crippen LogP contribution in [0.5, 0.6) is 5.75 Å². The maximum atomic E-state index is 10.2. The summed E-state index contributed by atoms with van der Waals surface area (Å²) in [6.45, 7) is 3.62. The number of phenols is 1. The van der Waals surface area contributed by atoms with Crippen LogP contribution in [0.2, 0.25) is 0 Å². The Bertz CT molecular complexity index is 470. The predicted molar refractivity (Wildman–Crippen MR) is 71.1 cm³/mol. The number of aliphatic hydroxyl groups excluding tert-OH is 1. The van der Waals surface area contributed by atoms with Gasteiger partial charge < -0.3 is 24.4 Å². The first kappa shape index (κ1) is 13.8. The fourth-order valence-electron chi connectivity index (χ4n) is 2.77. The van der Waals surface area contributed by atoms with Crippen molar-refractivity contribution in [2.24, 2.45) is 0 Å². The highest BCUT2D eigenvalue weighted by Gasteiger charge is 2.53. The molecule has 0 saturated carbocycles. The monoisotopic (exact) mass is 280 g/mol. The summed E-state index contributed by atoms with van der Waals surface area (Å²) in [4.78, 5) is 0. The molecule has 5 heteroatoms. The summed E-state index contributed by atoms with van der Waals surface area (Å²) in [5.41, 5.74) is 1.10. The topological polar surface area (TPSA) is 68.2 Å². The number of phenolic OH excluding ortho intramolecular Hbond substituents is 1. The van der Waals surface area contributed by atoms with Gasteiger partial charge in [0.1, 0.15) is 18.0 Å². The number of aryl methyl sites for hydroxylation is 1. The zero-order valence-corrected chi connectivity index (χ0v) is 11.7. The van der Waals surface area contributed by atoms with Crippen LogP contribution in [-0.4, -0.2) is 40.6 Å². The lowest BCUT2D eigenvalue weighted by Gasteiger charge is -2.22. The Morgan fingerprint density at radius 3 is 2.50 bits per heavy atom. The van der Waals surface area contributed by atoms with Crippen molar-refractivity contribution in [1.82, 2.24) is 0 Å². The average Bonchev–Trinajstić information content (AvgIpc) is 2.83. The molecule has 5 nitrogen and oxygen atoms in total. The Morgan fingerprint density at radius 1 is 1.15 bits per heavy atom. The van der Waals surface area contributed by atoms with E-state index >= 15 is 0 Å². The maximum absolute atomic E-state index is 10.2. The molecule has 3 rings (SSSR count). The molecule has 1 aromatic carbocycles. The summed E-state index contributed by atoms with van der Waals surface area (Å²) >= 11 is 0. The van der Waals surface area contributed by atoms with Crippen molar-refractivity contribution < 1.29 is 24.4 Å². The molecule has 0 spiro atoms. The lowest BCUT2D eigenvalue weighted by Crippen LogP contribution is -2.34. The quantitative estimate of drug-likeness (QED) is 0.879. The van der Waals surface area contributed by atoms with Crippen LogP contribution in [0.4, 0.5) is 0 Å². The SMILES string of the molecule is CC1(C)O[C@H]2O[C@H](CCc3ccc(O)cc3)[C@H](O)[C@H]2O1. The molecule has 0 radical (unpaired) electrons. The van der Waals surface area contributed by atoms with Crippen molar-refractivity contribution in [2.75, 3.05) is 0 Å². The van der Waals surface area contributed by atoms with Crippen LogP contribution in [0.25, 0.3) is 0 Å². The van der Waals surface area contributed by atoms with Gasteiger partial charge in [-0.25, -0.2) is 0 Å². The molecule has 2 aliphatic rings. The molecule has 0 aliphatic carbocycles. The van der Waals surface area contributed by atoms with Crippen LogP contribution in [0.3, 0.4) is 0 Å². The molecule has 0 unspecified atom stereocenters. The van der Waals surface area contributed by atoms with Gasteiger partial charge in [-0.3, -0.25) is 0 Å². The Kier molecular flexibility index (Phi) is 3.46. The third-order valence-corrected chi connectivity index (χ3v) is 3.77. The minimum Gasteiger partial charge on any atom is -0.508 e. The zero-order valence-electron chi connectivity index (χ0n) is 11.7. The van der Waals surface area contributed by atoms with Crippen LogP contribution < -0.4 is 0 Å². The molecular formula is C15H20O5. The lowest BCUT2D eigenvalue weighted by atomic mass is 10.0. The second-order valence-electron chi connectivity index (χ2n) is 5.84. The van der Waals surface area contributed by atoms with Crippen LogP contribution in [0.1, 0.15) is 25.8 Å². The van der Waals surface area contributed by atoms with Gasteiger partial charge >= 0.3 is 0 Å². The van der Waals surface area contributed by atoms with E-state index in [0.717, 1.165) is 12.0 Å². The van der Waals surface area contributed by atoms with Crippen LogP contribution in [-0.2, 0) is 20.6 Å². The van der Waals surface area contributed by atoms with Crippen LogP contribution in [0, 0.1) is 0 Å². The number of fused-ring (bicyclic) bond motifs is 1. The lowest BCUT2D eigenvalue weighted by molar-refractivity contribution is -0.215. The van der Waals surface area contributed by atoms with E-state index in [0.29, 0.717) is 6.42 Å². The largest absolute Gasteiger partial charge is 0.508 e. The van der Waals surface area contributed by atoms with E-state index in [1.165, 1.54) is 0 Å². The Hall–Kier alpha value is -1.14. The molecule has 1 aromatic rings. The predicted octanol–water partition coefficient (Wildman–Crippen LogP) is 1.56. The van der Waals surface area contributed by atoms with Gasteiger partial charge in [-0.2, -0.15) is 0 Å².